The topological polar surface area (TPSA) is 92.8 Å². The second-order valence-corrected chi connectivity index (χ2v) is 4.51. The molecule has 0 aliphatic rings. The second kappa shape index (κ2) is 8.66. The molecule has 0 unspecified atom stereocenters. The normalized spacial score (nSPS) is 11.8. The Labute approximate surface area is 125 Å². The molecule has 0 fully saturated rings. The number of rotatable bonds is 6. The van der Waals surface area contributed by atoms with E-state index in [0.717, 1.165) is 12.8 Å². The van der Waals surface area contributed by atoms with Crippen molar-refractivity contribution in [2.75, 3.05) is 0 Å². The highest BCUT2D eigenvalue weighted by Gasteiger charge is 2.19. The first kappa shape index (κ1) is 18.5. The number of ether oxygens (including phenoxy) is 1. The van der Waals surface area contributed by atoms with Crippen molar-refractivity contribution in [3.8, 4) is 11.5 Å². The van der Waals surface area contributed by atoms with Crippen LogP contribution in [0.3, 0.4) is 0 Å². The van der Waals surface area contributed by atoms with Crippen LogP contribution in [0, 0.1) is 0 Å². The lowest BCUT2D eigenvalue weighted by molar-refractivity contribution is -0.150. The van der Waals surface area contributed by atoms with E-state index in [0.29, 0.717) is 5.56 Å². The molecule has 1 aromatic rings. The Hall–Kier alpha value is -1.46. The second-order valence-electron chi connectivity index (χ2n) is 4.51. The van der Waals surface area contributed by atoms with E-state index in [1.165, 1.54) is 12.1 Å². The first-order valence-corrected chi connectivity index (χ1v) is 6.44. The summed E-state index contributed by atoms with van der Waals surface area (Å²) in [6, 6.07) is 3.59. The lowest BCUT2D eigenvalue weighted by Crippen LogP contribution is -2.36. The van der Waals surface area contributed by atoms with Crippen molar-refractivity contribution in [3.63, 3.8) is 0 Å². The highest BCUT2D eigenvalue weighted by Crippen LogP contribution is 2.25. The minimum atomic E-state index is -0.774. The summed E-state index contributed by atoms with van der Waals surface area (Å²) in [6.07, 6.45) is 1.67. The molecular weight excluding hydrogens is 282 g/mol. The summed E-state index contributed by atoms with van der Waals surface area (Å²) in [6.45, 7) is 3.90. The standard InChI is InChI=1S/C14H21NO4.ClH/c1-3-10(4-2)19-14(18)11(15)7-9-5-6-12(16)13(17)8-9;/h5-6,8,10-11,16-17H,3-4,7,15H2,1-2H3;1H/t11-;/m0./s1. The minimum Gasteiger partial charge on any atom is -0.504 e. The summed E-state index contributed by atoms with van der Waals surface area (Å²) in [4.78, 5) is 11.8. The highest BCUT2D eigenvalue weighted by atomic mass is 35.5. The summed E-state index contributed by atoms with van der Waals surface area (Å²) in [7, 11) is 0. The molecule has 0 aromatic heterocycles. The van der Waals surface area contributed by atoms with Crippen molar-refractivity contribution in [1.82, 2.24) is 0 Å². The molecule has 0 aliphatic carbocycles. The van der Waals surface area contributed by atoms with Crippen LogP contribution >= 0.6 is 12.4 Å². The number of phenols is 2. The lowest BCUT2D eigenvalue weighted by Gasteiger charge is -2.17. The van der Waals surface area contributed by atoms with E-state index in [9.17, 15) is 15.0 Å². The van der Waals surface area contributed by atoms with E-state index in [1.54, 1.807) is 6.07 Å². The predicted octanol–water partition coefficient (Wildman–Crippen LogP) is 2.12. The average molecular weight is 304 g/mol. The minimum absolute atomic E-state index is 0. The van der Waals surface area contributed by atoms with Crippen LogP contribution in [0.4, 0.5) is 0 Å². The largest absolute Gasteiger partial charge is 0.504 e. The number of esters is 1. The summed E-state index contributed by atoms with van der Waals surface area (Å²) in [5.74, 6) is -0.865. The fourth-order valence-electron chi connectivity index (χ4n) is 1.74. The Morgan fingerprint density at radius 2 is 1.85 bits per heavy atom. The van der Waals surface area contributed by atoms with Crippen LogP contribution in [0.25, 0.3) is 0 Å². The molecule has 1 rings (SSSR count). The van der Waals surface area contributed by atoms with Crippen LogP contribution < -0.4 is 5.73 Å². The smallest absolute Gasteiger partial charge is 0.323 e. The summed E-state index contributed by atoms with van der Waals surface area (Å²) < 4.78 is 5.26. The Morgan fingerprint density at radius 3 is 2.35 bits per heavy atom. The quantitative estimate of drug-likeness (QED) is 0.553. The number of halogens is 1. The number of hydrogen-bond acceptors (Lipinski definition) is 5. The van der Waals surface area contributed by atoms with Crippen molar-refractivity contribution < 1.29 is 19.7 Å². The van der Waals surface area contributed by atoms with Crippen LogP contribution in [0.5, 0.6) is 11.5 Å². The number of carbonyl (C=O) groups is 1. The zero-order chi connectivity index (χ0) is 14.4. The first-order chi connectivity index (χ1) is 8.97. The number of benzene rings is 1. The molecule has 0 aliphatic heterocycles. The molecule has 4 N–H and O–H groups in total. The average Bonchev–Trinajstić information content (AvgIpc) is 2.39. The third-order valence-electron chi connectivity index (χ3n) is 2.99. The van der Waals surface area contributed by atoms with Gasteiger partial charge in [0.05, 0.1) is 0 Å². The van der Waals surface area contributed by atoms with Crippen LogP contribution in [0.15, 0.2) is 18.2 Å². The van der Waals surface area contributed by atoms with Crippen LogP contribution in [-0.2, 0) is 16.0 Å². The van der Waals surface area contributed by atoms with Gasteiger partial charge in [-0.1, -0.05) is 19.9 Å². The van der Waals surface area contributed by atoms with Gasteiger partial charge in [0.1, 0.15) is 12.1 Å². The van der Waals surface area contributed by atoms with Gasteiger partial charge in [-0.3, -0.25) is 4.79 Å². The zero-order valence-corrected chi connectivity index (χ0v) is 12.5. The first-order valence-electron chi connectivity index (χ1n) is 6.44. The highest BCUT2D eigenvalue weighted by molar-refractivity contribution is 5.85. The van der Waals surface area contributed by atoms with Gasteiger partial charge in [-0.2, -0.15) is 0 Å². The lowest BCUT2D eigenvalue weighted by atomic mass is 10.1. The molecule has 0 amide bonds. The van der Waals surface area contributed by atoms with E-state index >= 15 is 0 Å². The van der Waals surface area contributed by atoms with Gasteiger partial charge >= 0.3 is 5.97 Å². The van der Waals surface area contributed by atoms with Crippen molar-refractivity contribution in [2.24, 2.45) is 5.73 Å². The van der Waals surface area contributed by atoms with Crippen molar-refractivity contribution in [2.45, 2.75) is 45.3 Å². The Balaban J connectivity index is 0.00000361. The van der Waals surface area contributed by atoms with Gasteiger partial charge in [-0.25, -0.2) is 0 Å². The van der Waals surface area contributed by atoms with Gasteiger partial charge in [0, 0.05) is 0 Å². The molecule has 0 heterocycles. The Morgan fingerprint density at radius 1 is 1.25 bits per heavy atom. The predicted molar refractivity (Wildman–Crippen MR) is 79.2 cm³/mol. The molecular formula is C14H22ClNO4. The maximum atomic E-state index is 11.8. The van der Waals surface area contributed by atoms with Crippen LogP contribution in [0.2, 0.25) is 0 Å². The summed E-state index contributed by atoms with van der Waals surface area (Å²) in [5.41, 5.74) is 6.45. The summed E-state index contributed by atoms with van der Waals surface area (Å²) >= 11 is 0. The fraction of sp³-hybridized carbons (Fsp3) is 0.500. The van der Waals surface area contributed by atoms with Gasteiger partial charge < -0.3 is 20.7 Å². The van der Waals surface area contributed by atoms with E-state index in [-0.39, 0.29) is 36.4 Å². The van der Waals surface area contributed by atoms with E-state index < -0.39 is 12.0 Å². The maximum absolute atomic E-state index is 11.8. The molecule has 0 saturated carbocycles. The van der Waals surface area contributed by atoms with Gasteiger partial charge in [-0.15, -0.1) is 12.4 Å². The SMILES string of the molecule is CCC(CC)OC(=O)[C@@H](N)Cc1ccc(O)c(O)c1.Cl. The van der Waals surface area contributed by atoms with Crippen LogP contribution in [-0.4, -0.2) is 28.3 Å². The van der Waals surface area contributed by atoms with E-state index in [4.69, 9.17) is 10.5 Å². The molecule has 6 heteroatoms. The number of carbonyl (C=O) groups excluding carboxylic acids is 1. The van der Waals surface area contributed by atoms with Gasteiger partial charge in [0.15, 0.2) is 11.5 Å². The van der Waals surface area contributed by atoms with E-state index in [1.807, 2.05) is 13.8 Å². The number of aromatic hydroxyl groups is 2. The number of hydrogen-bond donors (Lipinski definition) is 3. The van der Waals surface area contributed by atoms with Crippen molar-refractivity contribution in [1.29, 1.82) is 0 Å². The molecule has 5 nitrogen and oxygen atoms in total. The third-order valence-corrected chi connectivity index (χ3v) is 2.99. The molecule has 0 saturated heterocycles. The van der Waals surface area contributed by atoms with Gasteiger partial charge in [0.25, 0.3) is 0 Å². The zero-order valence-electron chi connectivity index (χ0n) is 11.7. The maximum Gasteiger partial charge on any atom is 0.323 e. The summed E-state index contributed by atoms with van der Waals surface area (Å²) in [5, 5.41) is 18.6. The molecule has 114 valence electrons. The number of phenolic OH excluding ortho intramolecular Hbond substituents is 2. The Bertz CT molecular complexity index is 435. The molecule has 20 heavy (non-hydrogen) atoms. The number of nitrogens with two attached hydrogens (primary N) is 1. The molecule has 1 atom stereocenters. The molecule has 0 radical (unpaired) electrons. The fourth-order valence-corrected chi connectivity index (χ4v) is 1.74. The molecule has 0 spiro atoms. The Kier molecular flexibility index (Phi) is 8.03. The van der Waals surface area contributed by atoms with E-state index in [2.05, 4.69) is 0 Å². The third kappa shape index (κ3) is 5.27. The van der Waals surface area contributed by atoms with Crippen molar-refractivity contribution in [3.05, 3.63) is 23.8 Å². The van der Waals surface area contributed by atoms with Crippen molar-refractivity contribution >= 4 is 18.4 Å². The van der Waals surface area contributed by atoms with Crippen LogP contribution in [0.1, 0.15) is 32.3 Å². The monoisotopic (exact) mass is 303 g/mol. The molecule has 1 aromatic carbocycles. The van der Waals surface area contributed by atoms with Gasteiger partial charge in [-0.05, 0) is 37.0 Å². The van der Waals surface area contributed by atoms with Gasteiger partial charge in [0.2, 0.25) is 0 Å². The molecule has 0 bridgehead atoms.